The second-order valence-corrected chi connectivity index (χ2v) is 6.49. The van der Waals surface area contributed by atoms with Gasteiger partial charge in [-0.1, -0.05) is 18.2 Å². The molecular formula is C19H23N3O3. The highest BCUT2D eigenvalue weighted by Gasteiger charge is 2.27. The summed E-state index contributed by atoms with van der Waals surface area (Å²) in [4.78, 5) is 24.1. The molecule has 6 nitrogen and oxygen atoms in total. The zero-order chi connectivity index (χ0) is 18.0. The Kier molecular flexibility index (Phi) is 4.88. The molecule has 132 valence electrons. The van der Waals surface area contributed by atoms with Crippen molar-refractivity contribution >= 4 is 11.9 Å². The van der Waals surface area contributed by atoms with Gasteiger partial charge >= 0.3 is 5.97 Å². The molecule has 1 N–H and O–H groups in total. The van der Waals surface area contributed by atoms with E-state index in [4.69, 9.17) is 4.74 Å². The lowest BCUT2D eigenvalue weighted by molar-refractivity contribution is -0.154. The van der Waals surface area contributed by atoms with E-state index in [2.05, 4.69) is 10.4 Å². The highest BCUT2D eigenvalue weighted by atomic mass is 16.5. The van der Waals surface area contributed by atoms with Crippen LogP contribution in [0.2, 0.25) is 0 Å². The van der Waals surface area contributed by atoms with Gasteiger partial charge in [-0.15, -0.1) is 0 Å². The van der Waals surface area contributed by atoms with Crippen molar-refractivity contribution in [2.45, 2.75) is 52.2 Å². The Labute approximate surface area is 147 Å². The number of hydrogen-bond acceptors (Lipinski definition) is 4. The Morgan fingerprint density at radius 1 is 1.28 bits per heavy atom. The van der Waals surface area contributed by atoms with E-state index in [0.717, 1.165) is 35.5 Å². The third kappa shape index (κ3) is 4.07. The lowest BCUT2D eigenvalue weighted by Crippen LogP contribution is -2.37. The van der Waals surface area contributed by atoms with Gasteiger partial charge < -0.3 is 10.1 Å². The molecule has 25 heavy (non-hydrogen) atoms. The number of amides is 1. The first kappa shape index (κ1) is 17.2. The second kappa shape index (κ2) is 7.09. The van der Waals surface area contributed by atoms with E-state index in [1.165, 1.54) is 0 Å². The van der Waals surface area contributed by atoms with Crippen LogP contribution in [0, 0.1) is 13.8 Å². The Bertz CT molecular complexity index is 779. The average molecular weight is 341 g/mol. The maximum absolute atomic E-state index is 12.2. The minimum Gasteiger partial charge on any atom is -0.452 e. The number of aryl methyl sites for hydroxylation is 1. The Morgan fingerprint density at radius 3 is 2.60 bits per heavy atom. The van der Waals surface area contributed by atoms with E-state index < -0.39 is 12.1 Å². The van der Waals surface area contributed by atoms with Gasteiger partial charge in [0.2, 0.25) is 0 Å². The Balaban J connectivity index is 1.67. The number of ether oxygens (including phenoxy) is 1. The molecule has 1 saturated carbocycles. The van der Waals surface area contributed by atoms with Gasteiger partial charge in [-0.05, 0) is 45.7 Å². The van der Waals surface area contributed by atoms with Gasteiger partial charge in [0.05, 0.1) is 17.8 Å². The van der Waals surface area contributed by atoms with Crippen LogP contribution < -0.4 is 5.32 Å². The summed E-state index contributed by atoms with van der Waals surface area (Å²) in [6.07, 6.45) is 1.33. The molecule has 1 atom stereocenters. The first-order valence-corrected chi connectivity index (χ1v) is 8.56. The molecule has 0 aliphatic heterocycles. The quantitative estimate of drug-likeness (QED) is 0.818. The van der Waals surface area contributed by atoms with Crippen LogP contribution in [0.5, 0.6) is 0 Å². The predicted octanol–water partition coefficient (Wildman–Crippen LogP) is 2.24. The summed E-state index contributed by atoms with van der Waals surface area (Å²) in [6.45, 7) is 5.40. The summed E-state index contributed by atoms with van der Waals surface area (Å²) >= 11 is 0. The Hall–Kier alpha value is -2.63. The van der Waals surface area contributed by atoms with Gasteiger partial charge in [-0.2, -0.15) is 5.10 Å². The van der Waals surface area contributed by atoms with Crippen molar-refractivity contribution in [3.05, 3.63) is 47.3 Å². The summed E-state index contributed by atoms with van der Waals surface area (Å²) in [5.74, 6) is -0.651. The van der Waals surface area contributed by atoms with Gasteiger partial charge in [-0.25, -0.2) is 4.68 Å². The summed E-state index contributed by atoms with van der Waals surface area (Å²) in [5.41, 5.74) is 3.47. The van der Waals surface area contributed by atoms with Gasteiger partial charge in [0.15, 0.2) is 6.10 Å². The molecule has 0 spiro atoms. The summed E-state index contributed by atoms with van der Waals surface area (Å²) in [6, 6.07) is 10.0. The van der Waals surface area contributed by atoms with E-state index in [0.29, 0.717) is 0 Å². The van der Waals surface area contributed by atoms with E-state index in [1.54, 1.807) is 6.92 Å². The fourth-order valence-corrected chi connectivity index (χ4v) is 2.73. The highest BCUT2D eigenvalue weighted by molar-refractivity contribution is 5.84. The van der Waals surface area contributed by atoms with Crippen LogP contribution in [0.25, 0.3) is 5.69 Å². The van der Waals surface area contributed by atoms with E-state index >= 15 is 0 Å². The topological polar surface area (TPSA) is 73.2 Å². The monoisotopic (exact) mass is 341 g/mol. The number of hydrogen-bond donors (Lipinski definition) is 1. The molecule has 0 bridgehead atoms. The maximum Gasteiger partial charge on any atom is 0.311 e. The molecule has 1 aliphatic rings. The van der Waals surface area contributed by atoms with Crippen molar-refractivity contribution in [1.82, 2.24) is 15.1 Å². The van der Waals surface area contributed by atoms with E-state index in [9.17, 15) is 9.59 Å². The second-order valence-electron chi connectivity index (χ2n) is 6.49. The molecule has 6 heteroatoms. The number of carbonyl (C=O) groups is 2. The van der Waals surface area contributed by atoms with Crippen molar-refractivity contribution in [1.29, 1.82) is 0 Å². The smallest absolute Gasteiger partial charge is 0.311 e. The maximum atomic E-state index is 12.2. The van der Waals surface area contributed by atoms with Crippen LogP contribution in [0.4, 0.5) is 0 Å². The van der Waals surface area contributed by atoms with Crippen LogP contribution in [0.3, 0.4) is 0 Å². The molecule has 0 radical (unpaired) electrons. The van der Waals surface area contributed by atoms with Crippen molar-refractivity contribution < 1.29 is 14.3 Å². The molecule has 3 rings (SSSR count). The van der Waals surface area contributed by atoms with Gasteiger partial charge in [-0.3, -0.25) is 9.59 Å². The van der Waals surface area contributed by atoms with Crippen molar-refractivity contribution in [2.75, 3.05) is 0 Å². The lowest BCUT2D eigenvalue weighted by atomic mass is 10.1. The number of nitrogens with one attached hydrogen (secondary N) is 1. The number of esters is 1. The summed E-state index contributed by atoms with van der Waals surface area (Å²) < 4.78 is 7.10. The minimum absolute atomic E-state index is 0.103. The standard InChI is InChI=1S/C19H23N3O3/c1-12-17(13(2)22(21-12)16-7-5-4-6-8-16)11-18(23)25-14(3)19(24)20-15-9-10-15/h4-8,14-15H,9-11H2,1-3H3,(H,20,24)/t14-/m1/s1. The zero-order valence-corrected chi connectivity index (χ0v) is 14.8. The third-order valence-electron chi connectivity index (χ3n) is 4.36. The lowest BCUT2D eigenvalue weighted by Gasteiger charge is -2.13. The van der Waals surface area contributed by atoms with Crippen LogP contribution in [0.15, 0.2) is 30.3 Å². The SMILES string of the molecule is Cc1nn(-c2ccccc2)c(C)c1CC(=O)O[C@H](C)C(=O)NC1CC1. The number of carbonyl (C=O) groups excluding carboxylic acids is 2. The molecule has 1 fully saturated rings. The van der Waals surface area contributed by atoms with Crippen molar-refractivity contribution in [2.24, 2.45) is 0 Å². The molecule has 2 aromatic rings. The molecular weight excluding hydrogens is 318 g/mol. The van der Waals surface area contributed by atoms with Crippen LogP contribution in [0.1, 0.15) is 36.7 Å². The summed E-state index contributed by atoms with van der Waals surface area (Å²) in [7, 11) is 0. The number of aromatic nitrogens is 2. The average Bonchev–Trinajstić information content (AvgIpc) is 3.36. The number of nitrogens with zero attached hydrogens (tertiary/aromatic N) is 2. The van der Waals surface area contributed by atoms with Gasteiger partial charge in [0.1, 0.15) is 0 Å². The molecule has 1 heterocycles. The van der Waals surface area contributed by atoms with Crippen LogP contribution >= 0.6 is 0 Å². The number of benzene rings is 1. The summed E-state index contributed by atoms with van der Waals surface area (Å²) in [5, 5.41) is 7.36. The minimum atomic E-state index is -0.780. The van der Waals surface area contributed by atoms with Crippen LogP contribution in [-0.2, 0) is 20.7 Å². The van der Waals surface area contributed by atoms with E-state index in [-0.39, 0.29) is 18.4 Å². The third-order valence-corrected chi connectivity index (χ3v) is 4.36. The number of para-hydroxylation sites is 1. The van der Waals surface area contributed by atoms with E-state index in [1.807, 2.05) is 48.9 Å². The van der Waals surface area contributed by atoms with Gasteiger partial charge in [0.25, 0.3) is 5.91 Å². The number of rotatable bonds is 6. The molecule has 1 aliphatic carbocycles. The molecule has 1 aromatic carbocycles. The Morgan fingerprint density at radius 2 is 1.96 bits per heavy atom. The largest absolute Gasteiger partial charge is 0.452 e. The first-order valence-electron chi connectivity index (χ1n) is 8.56. The fourth-order valence-electron chi connectivity index (χ4n) is 2.73. The predicted molar refractivity (Wildman–Crippen MR) is 93.5 cm³/mol. The highest BCUT2D eigenvalue weighted by Crippen LogP contribution is 2.20. The molecule has 0 saturated heterocycles. The van der Waals surface area contributed by atoms with Gasteiger partial charge in [0, 0.05) is 17.3 Å². The van der Waals surface area contributed by atoms with Crippen LogP contribution in [-0.4, -0.2) is 33.8 Å². The molecule has 1 amide bonds. The normalized spacial score (nSPS) is 14.8. The van der Waals surface area contributed by atoms with Crippen molar-refractivity contribution in [3.8, 4) is 5.69 Å². The molecule has 1 aromatic heterocycles. The van der Waals surface area contributed by atoms with Crippen molar-refractivity contribution in [3.63, 3.8) is 0 Å². The first-order chi connectivity index (χ1) is 12.0. The molecule has 0 unspecified atom stereocenters. The fraction of sp³-hybridized carbons (Fsp3) is 0.421. The zero-order valence-electron chi connectivity index (χ0n) is 14.8.